The van der Waals surface area contributed by atoms with Crippen LogP contribution in [-0.2, 0) is 0 Å². The molecule has 0 aromatic rings. The van der Waals surface area contributed by atoms with Crippen LogP contribution >= 0.6 is 23.5 Å². The summed E-state index contributed by atoms with van der Waals surface area (Å²) < 4.78 is 0. The van der Waals surface area contributed by atoms with E-state index < -0.39 is 0 Å². The maximum Gasteiger partial charge on any atom is 0.0263 e. The highest BCUT2D eigenvalue weighted by molar-refractivity contribution is 8.06. The van der Waals surface area contributed by atoms with E-state index in [1.165, 1.54) is 22.8 Å². The second-order valence-corrected chi connectivity index (χ2v) is 5.86. The van der Waals surface area contributed by atoms with Crippen molar-refractivity contribution in [1.82, 2.24) is 5.32 Å². The zero-order valence-electron chi connectivity index (χ0n) is 8.34. The predicted octanol–water partition coefficient (Wildman–Crippen LogP) is 2.39. The Morgan fingerprint density at radius 2 is 2.38 bits per heavy atom. The molecular formula is C10H19NS2. The predicted molar refractivity (Wildman–Crippen MR) is 65.9 cm³/mol. The van der Waals surface area contributed by atoms with Gasteiger partial charge in [0.1, 0.15) is 0 Å². The smallest absolute Gasteiger partial charge is 0.0263 e. The van der Waals surface area contributed by atoms with Crippen LogP contribution < -0.4 is 5.32 Å². The fourth-order valence-corrected chi connectivity index (χ4v) is 3.84. The molecule has 0 saturated carbocycles. The van der Waals surface area contributed by atoms with E-state index >= 15 is 0 Å². The zero-order chi connectivity index (χ0) is 9.52. The van der Waals surface area contributed by atoms with Crippen molar-refractivity contribution >= 4 is 23.5 Å². The molecule has 0 spiro atoms. The van der Waals surface area contributed by atoms with Crippen molar-refractivity contribution in [2.75, 3.05) is 30.3 Å². The van der Waals surface area contributed by atoms with Crippen molar-refractivity contribution < 1.29 is 0 Å². The van der Waals surface area contributed by atoms with Crippen molar-refractivity contribution in [2.45, 2.75) is 18.6 Å². The maximum absolute atomic E-state index is 3.98. The summed E-state index contributed by atoms with van der Waals surface area (Å²) in [6, 6.07) is 0. The van der Waals surface area contributed by atoms with E-state index in [1.54, 1.807) is 0 Å². The van der Waals surface area contributed by atoms with Gasteiger partial charge in [-0.15, -0.1) is 0 Å². The normalized spacial score (nSPS) is 23.0. The Kier molecular flexibility index (Phi) is 6.00. The van der Waals surface area contributed by atoms with E-state index in [0.29, 0.717) is 0 Å². The molecule has 0 radical (unpaired) electrons. The van der Waals surface area contributed by atoms with Gasteiger partial charge in [0, 0.05) is 35.6 Å². The van der Waals surface area contributed by atoms with Crippen LogP contribution in [0.1, 0.15) is 13.3 Å². The van der Waals surface area contributed by atoms with Gasteiger partial charge in [0.25, 0.3) is 0 Å². The molecule has 0 amide bonds. The molecule has 1 atom stereocenters. The zero-order valence-corrected chi connectivity index (χ0v) is 9.98. The molecule has 76 valence electrons. The van der Waals surface area contributed by atoms with Crippen LogP contribution in [0.25, 0.3) is 0 Å². The summed E-state index contributed by atoms with van der Waals surface area (Å²) in [7, 11) is 0. The van der Waals surface area contributed by atoms with Gasteiger partial charge in [-0.3, -0.25) is 0 Å². The second kappa shape index (κ2) is 6.80. The molecule has 0 bridgehead atoms. The first-order valence-corrected chi connectivity index (χ1v) is 7.10. The van der Waals surface area contributed by atoms with Crippen molar-refractivity contribution in [2.24, 2.45) is 0 Å². The van der Waals surface area contributed by atoms with Gasteiger partial charge in [0.15, 0.2) is 0 Å². The molecule has 1 aliphatic rings. The van der Waals surface area contributed by atoms with Crippen molar-refractivity contribution in [3.8, 4) is 0 Å². The highest BCUT2D eigenvalue weighted by Crippen LogP contribution is 2.23. The average molecular weight is 217 g/mol. The molecule has 1 saturated heterocycles. The Morgan fingerprint density at radius 1 is 1.54 bits per heavy atom. The quantitative estimate of drug-likeness (QED) is 0.710. The van der Waals surface area contributed by atoms with E-state index in [-0.39, 0.29) is 0 Å². The fourth-order valence-electron chi connectivity index (χ4n) is 1.19. The minimum atomic E-state index is 0.823. The van der Waals surface area contributed by atoms with Gasteiger partial charge in [0.2, 0.25) is 0 Å². The van der Waals surface area contributed by atoms with Crippen LogP contribution in [0.5, 0.6) is 0 Å². The Labute approximate surface area is 90.1 Å². The van der Waals surface area contributed by atoms with Gasteiger partial charge in [-0.2, -0.15) is 23.5 Å². The topological polar surface area (TPSA) is 12.0 Å². The number of nitrogens with one attached hydrogen (secondary N) is 1. The van der Waals surface area contributed by atoms with Gasteiger partial charge >= 0.3 is 0 Å². The molecule has 13 heavy (non-hydrogen) atoms. The lowest BCUT2D eigenvalue weighted by Gasteiger charge is -2.21. The molecule has 0 aliphatic carbocycles. The first-order chi connectivity index (χ1) is 6.33. The summed E-state index contributed by atoms with van der Waals surface area (Å²) >= 11 is 4.19. The highest BCUT2D eigenvalue weighted by Gasteiger charge is 2.13. The maximum atomic E-state index is 3.98. The SMILES string of the molecule is C=C(CC)CNCC1CSCCS1. The number of hydrogen-bond acceptors (Lipinski definition) is 3. The van der Waals surface area contributed by atoms with Crippen molar-refractivity contribution in [3.05, 3.63) is 12.2 Å². The third-order valence-corrected chi connectivity index (χ3v) is 4.98. The lowest BCUT2D eigenvalue weighted by molar-refractivity contribution is 0.716. The van der Waals surface area contributed by atoms with Gasteiger partial charge in [-0.25, -0.2) is 0 Å². The molecule has 1 rings (SSSR count). The van der Waals surface area contributed by atoms with E-state index in [0.717, 1.165) is 24.8 Å². The highest BCUT2D eigenvalue weighted by atomic mass is 32.2. The van der Waals surface area contributed by atoms with Crippen molar-refractivity contribution in [1.29, 1.82) is 0 Å². The summed E-state index contributed by atoms with van der Waals surface area (Å²) in [6.07, 6.45) is 1.10. The minimum absolute atomic E-state index is 0.823. The van der Waals surface area contributed by atoms with Gasteiger partial charge in [0.05, 0.1) is 0 Å². The molecular weight excluding hydrogens is 198 g/mol. The third kappa shape index (κ3) is 4.99. The summed E-state index contributed by atoms with van der Waals surface area (Å²) in [5, 5.41) is 4.29. The molecule has 0 aromatic carbocycles. The summed E-state index contributed by atoms with van der Waals surface area (Å²) in [6.45, 7) is 8.29. The Morgan fingerprint density at radius 3 is 3.00 bits per heavy atom. The Bertz CT molecular complexity index is 153. The first kappa shape index (κ1) is 11.5. The molecule has 0 aromatic heterocycles. The fraction of sp³-hybridized carbons (Fsp3) is 0.800. The van der Waals surface area contributed by atoms with Crippen LogP contribution in [0.3, 0.4) is 0 Å². The van der Waals surface area contributed by atoms with E-state index in [2.05, 4.69) is 42.3 Å². The standard InChI is InChI=1S/C10H19NS2/c1-3-9(2)6-11-7-10-8-12-4-5-13-10/h10-11H,2-8H2,1H3. The van der Waals surface area contributed by atoms with Crippen LogP contribution in [0.2, 0.25) is 0 Å². The van der Waals surface area contributed by atoms with Crippen LogP contribution in [-0.4, -0.2) is 35.6 Å². The molecule has 1 unspecified atom stereocenters. The lowest BCUT2D eigenvalue weighted by Crippen LogP contribution is -2.30. The summed E-state index contributed by atoms with van der Waals surface area (Å²) in [5.74, 6) is 3.98. The largest absolute Gasteiger partial charge is 0.312 e. The molecule has 1 N–H and O–H groups in total. The van der Waals surface area contributed by atoms with Gasteiger partial charge < -0.3 is 5.32 Å². The average Bonchev–Trinajstić information content (AvgIpc) is 2.19. The van der Waals surface area contributed by atoms with Crippen molar-refractivity contribution in [3.63, 3.8) is 0 Å². The van der Waals surface area contributed by atoms with Crippen LogP contribution in [0, 0.1) is 0 Å². The monoisotopic (exact) mass is 217 g/mol. The summed E-state index contributed by atoms with van der Waals surface area (Å²) in [4.78, 5) is 0. The first-order valence-electron chi connectivity index (χ1n) is 4.89. The van der Waals surface area contributed by atoms with E-state index in [1.807, 2.05) is 0 Å². The number of hydrogen-bond donors (Lipinski definition) is 1. The molecule has 3 heteroatoms. The number of rotatable bonds is 5. The Balaban J connectivity index is 2.01. The van der Waals surface area contributed by atoms with Gasteiger partial charge in [-0.05, 0) is 6.42 Å². The van der Waals surface area contributed by atoms with E-state index in [4.69, 9.17) is 0 Å². The van der Waals surface area contributed by atoms with Gasteiger partial charge in [-0.1, -0.05) is 19.1 Å². The molecule has 1 fully saturated rings. The van der Waals surface area contributed by atoms with E-state index in [9.17, 15) is 0 Å². The van der Waals surface area contributed by atoms with Crippen LogP contribution in [0.4, 0.5) is 0 Å². The molecule has 1 heterocycles. The number of thioether (sulfide) groups is 2. The molecule has 1 aliphatic heterocycles. The van der Waals surface area contributed by atoms with Crippen LogP contribution in [0.15, 0.2) is 12.2 Å². The Hall–Kier alpha value is 0.400. The summed E-state index contributed by atoms with van der Waals surface area (Å²) in [5.41, 5.74) is 1.31. The lowest BCUT2D eigenvalue weighted by atomic mass is 10.2. The molecule has 1 nitrogen and oxygen atoms in total. The second-order valence-electron chi connectivity index (χ2n) is 3.30. The third-order valence-electron chi connectivity index (χ3n) is 2.13. The minimum Gasteiger partial charge on any atom is -0.312 e.